The fraction of sp³-hybridized carbons (Fsp3) is 0.0909. The number of benzene rings is 1. The van der Waals surface area contributed by atoms with Gasteiger partial charge in [0.25, 0.3) is 0 Å². The zero-order chi connectivity index (χ0) is 9.68. The van der Waals surface area contributed by atoms with Crippen molar-refractivity contribution >= 4 is 15.7 Å². The van der Waals surface area contributed by atoms with Crippen molar-refractivity contribution < 1.29 is 4.21 Å². The zero-order valence-corrected chi connectivity index (χ0v) is 8.22. The topological polar surface area (TPSA) is 17.1 Å². The van der Waals surface area contributed by atoms with Crippen molar-refractivity contribution in [3.8, 4) is 0 Å². The third-order valence-electron chi connectivity index (χ3n) is 1.64. The Morgan fingerprint density at radius 2 is 2.00 bits per heavy atom. The van der Waals surface area contributed by atoms with E-state index in [-0.39, 0.29) is 0 Å². The van der Waals surface area contributed by atoms with E-state index in [2.05, 4.69) is 13.2 Å². The Hall–Kier alpha value is -1.15. The summed E-state index contributed by atoms with van der Waals surface area (Å²) in [5.41, 5.74) is 0.933. The molecule has 0 aromatic heterocycles. The normalized spacial score (nSPS) is 12.0. The molecule has 1 rings (SSSR count). The van der Waals surface area contributed by atoms with E-state index in [0.29, 0.717) is 10.7 Å². The molecule has 1 atom stereocenters. The van der Waals surface area contributed by atoms with Crippen LogP contribution in [0.2, 0.25) is 0 Å². The molecular weight excluding hydrogens is 180 g/mol. The van der Waals surface area contributed by atoms with Gasteiger partial charge in [-0.1, -0.05) is 43.0 Å². The molecule has 1 nitrogen and oxygen atoms in total. The minimum absolute atomic E-state index is 0.466. The lowest BCUT2D eigenvalue weighted by molar-refractivity contribution is 0.691. The van der Waals surface area contributed by atoms with Crippen LogP contribution in [-0.4, -0.2) is 9.96 Å². The van der Waals surface area contributed by atoms with Crippen molar-refractivity contribution in [2.24, 2.45) is 0 Å². The van der Waals surface area contributed by atoms with Gasteiger partial charge in [-0.25, -0.2) is 0 Å². The fourth-order valence-electron chi connectivity index (χ4n) is 0.963. The molecule has 1 unspecified atom stereocenters. The van der Waals surface area contributed by atoms with E-state index in [1.54, 1.807) is 6.08 Å². The summed E-state index contributed by atoms with van der Waals surface area (Å²) in [7, 11) is -1.03. The Kier molecular flexibility index (Phi) is 3.65. The highest BCUT2D eigenvalue weighted by atomic mass is 32.2. The molecule has 1 aromatic rings. The summed E-state index contributed by atoms with van der Waals surface area (Å²) >= 11 is 0. The molecule has 0 aliphatic heterocycles. The standard InChI is InChI=1S/C11H12OS/c1-3-9-13(12)10(2)11-7-5-4-6-8-11/h3-8H,1-2,9H2. The van der Waals surface area contributed by atoms with Crippen molar-refractivity contribution in [3.63, 3.8) is 0 Å². The second-order valence-electron chi connectivity index (χ2n) is 2.59. The van der Waals surface area contributed by atoms with Gasteiger partial charge in [-0.15, -0.1) is 6.58 Å². The van der Waals surface area contributed by atoms with Crippen molar-refractivity contribution in [2.75, 3.05) is 5.75 Å². The maximum atomic E-state index is 11.5. The van der Waals surface area contributed by atoms with E-state index in [4.69, 9.17) is 0 Å². The highest BCUT2D eigenvalue weighted by Crippen LogP contribution is 2.15. The molecule has 0 fully saturated rings. The average Bonchev–Trinajstić information content (AvgIpc) is 2.18. The van der Waals surface area contributed by atoms with Crippen LogP contribution >= 0.6 is 0 Å². The van der Waals surface area contributed by atoms with Crippen molar-refractivity contribution in [1.82, 2.24) is 0 Å². The van der Waals surface area contributed by atoms with Crippen LogP contribution in [0.3, 0.4) is 0 Å². The molecule has 13 heavy (non-hydrogen) atoms. The second-order valence-corrected chi connectivity index (χ2v) is 4.11. The molecule has 0 saturated heterocycles. The number of hydrogen-bond donors (Lipinski definition) is 0. The summed E-state index contributed by atoms with van der Waals surface area (Å²) in [6, 6.07) is 9.55. The highest BCUT2D eigenvalue weighted by molar-refractivity contribution is 7.94. The van der Waals surface area contributed by atoms with E-state index in [1.807, 2.05) is 30.3 Å². The Bertz CT molecular complexity index is 327. The minimum atomic E-state index is -1.03. The van der Waals surface area contributed by atoms with Crippen LogP contribution in [0, 0.1) is 0 Å². The van der Waals surface area contributed by atoms with Crippen LogP contribution in [0.1, 0.15) is 5.56 Å². The van der Waals surface area contributed by atoms with E-state index < -0.39 is 10.8 Å². The molecular formula is C11H12OS. The van der Waals surface area contributed by atoms with Gasteiger partial charge < -0.3 is 0 Å². The van der Waals surface area contributed by atoms with E-state index in [9.17, 15) is 4.21 Å². The van der Waals surface area contributed by atoms with Crippen LogP contribution in [0.4, 0.5) is 0 Å². The third kappa shape index (κ3) is 2.67. The lowest BCUT2D eigenvalue weighted by atomic mass is 10.2. The Balaban J connectivity index is 2.80. The largest absolute Gasteiger partial charge is 0.254 e. The minimum Gasteiger partial charge on any atom is -0.254 e. The van der Waals surface area contributed by atoms with Crippen LogP contribution in [0.5, 0.6) is 0 Å². The Labute approximate surface area is 81.3 Å². The SMILES string of the molecule is C=CCS(=O)C(=C)c1ccccc1. The van der Waals surface area contributed by atoms with Crippen LogP contribution in [-0.2, 0) is 10.8 Å². The van der Waals surface area contributed by atoms with Crippen LogP contribution in [0.25, 0.3) is 4.91 Å². The van der Waals surface area contributed by atoms with Crippen LogP contribution < -0.4 is 0 Å². The van der Waals surface area contributed by atoms with E-state index in [1.165, 1.54) is 0 Å². The number of hydrogen-bond acceptors (Lipinski definition) is 1. The first kappa shape index (κ1) is 9.93. The Morgan fingerprint density at radius 1 is 1.38 bits per heavy atom. The average molecular weight is 192 g/mol. The first-order chi connectivity index (χ1) is 6.25. The Morgan fingerprint density at radius 3 is 2.54 bits per heavy atom. The van der Waals surface area contributed by atoms with Gasteiger partial charge in [-0.3, -0.25) is 4.21 Å². The molecule has 0 aliphatic carbocycles. The van der Waals surface area contributed by atoms with Gasteiger partial charge in [-0.2, -0.15) is 0 Å². The third-order valence-corrected chi connectivity index (χ3v) is 2.96. The van der Waals surface area contributed by atoms with E-state index in [0.717, 1.165) is 5.56 Å². The molecule has 0 spiro atoms. The van der Waals surface area contributed by atoms with Gasteiger partial charge in [0, 0.05) is 10.7 Å². The van der Waals surface area contributed by atoms with E-state index >= 15 is 0 Å². The predicted molar refractivity (Wildman–Crippen MR) is 58.7 cm³/mol. The van der Waals surface area contributed by atoms with Crippen LogP contribution in [0.15, 0.2) is 49.6 Å². The molecule has 0 bridgehead atoms. The van der Waals surface area contributed by atoms with Crippen molar-refractivity contribution in [1.29, 1.82) is 0 Å². The lowest BCUT2D eigenvalue weighted by Crippen LogP contribution is -1.96. The van der Waals surface area contributed by atoms with Gasteiger partial charge >= 0.3 is 0 Å². The first-order valence-electron chi connectivity index (χ1n) is 3.99. The summed E-state index contributed by atoms with van der Waals surface area (Å²) in [5, 5.41) is 0. The zero-order valence-electron chi connectivity index (χ0n) is 7.40. The molecule has 0 heterocycles. The van der Waals surface area contributed by atoms with Crippen molar-refractivity contribution in [3.05, 3.63) is 55.1 Å². The molecule has 0 aliphatic rings. The summed E-state index contributed by atoms with van der Waals surface area (Å²) in [4.78, 5) is 0.667. The molecule has 1 aromatic carbocycles. The van der Waals surface area contributed by atoms with Gasteiger partial charge in [0.05, 0.1) is 10.8 Å². The summed E-state index contributed by atoms with van der Waals surface area (Å²) in [6.07, 6.45) is 1.64. The summed E-state index contributed by atoms with van der Waals surface area (Å²) < 4.78 is 11.5. The maximum absolute atomic E-state index is 11.5. The summed E-state index contributed by atoms with van der Waals surface area (Å²) in [6.45, 7) is 7.34. The van der Waals surface area contributed by atoms with Gasteiger partial charge in [0.2, 0.25) is 0 Å². The monoisotopic (exact) mass is 192 g/mol. The number of rotatable bonds is 4. The van der Waals surface area contributed by atoms with Gasteiger partial charge in [0.1, 0.15) is 0 Å². The predicted octanol–water partition coefficient (Wildman–Crippen LogP) is 2.59. The second kappa shape index (κ2) is 4.77. The van der Waals surface area contributed by atoms with Crippen molar-refractivity contribution in [2.45, 2.75) is 0 Å². The van der Waals surface area contributed by atoms with Gasteiger partial charge in [-0.05, 0) is 5.56 Å². The smallest absolute Gasteiger partial charge is 0.0567 e. The first-order valence-corrected chi connectivity index (χ1v) is 5.31. The molecule has 0 radical (unpaired) electrons. The highest BCUT2D eigenvalue weighted by Gasteiger charge is 2.04. The van der Waals surface area contributed by atoms with Gasteiger partial charge in [0.15, 0.2) is 0 Å². The molecule has 68 valence electrons. The maximum Gasteiger partial charge on any atom is 0.0567 e. The fourth-order valence-corrected chi connectivity index (χ4v) is 1.78. The lowest BCUT2D eigenvalue weighted by Gasteiger charge is -2.02. The summed E-state index contributed by atoms with van der Waals surface area (Å²) in [5.74, 6) is 0.466. The molecule has 2 heteroatoms. The quantitative estimate of drug-likeness (QED) is 0.670. The molecule has 0 saturated carbocycles. The molecule has 0 amide bonds. The molecule has 0 N–H and O–H groups in total.